The third-order valence-corrected chi connectivity index (χ3v) is 3.79. The van der Waals surface area contributed by atoms with E-state index in [1.807, 2.05) is 18.4 Å². The van der Waals surface area contributed by atoms with Crippen molar-refractivity contribution in [2.75, 3.05) is 13.4 Å². The first-order valence-corrected chi connectivity index (χ1v) is 7.53. The molecular formula is C15H15N3OS. The van der Waals surface area contributed by atoms with E-state index in [0.29, 0.717) is 6.61 Å². The molecule has 0 atom stereocenters. The lowest BCUT2D eigenvalue weighted by atomic mass is 10.1. The van der Waals surface area contributed by atoms with Gasteiger partial charge in [-0.25, -0.2) is 0 Å². The molecule has 4 nitrogen and oxygen atoms in total. The van der Waals surface area contributed by atoms with E-state index < -0.39 is 0 Å². The van der Waals surface area contributed by atoms with Crippen LogP contribution >= 0.6 is 11.8 Å². The van der Waals surface area contributed by atoms with E-state index in [4.69, 9.17) is 4.74 Å². The smallest absolute Gasteiger partial charge is 0.195 e. The summed E-state index contributed by atoms with van der Waals surface area (Å²) in [5, 5.41) is 11.7. The Morgan fingerprint density at radius 1 is 1.10 bits per heavy atom. The van der Waals surface area contributed by atoms with Gasteiger partial charge >= 0.3 is 0 Å². The molecule has 1 heterocycles. The third-order valence-electron chi connectivity index (χ3n) is 3.16. The minimum absolute atomic E-state index is 0.441. The van der Waals surface area contributed by atoms with Gasteiger partial charge < -0.3 is 4.74 Å². The molecule has 0 aliphatic rings. The Morgan fingerprint density at radius 2 is 1.90 bits per heavy atom. The maximum atomic E-state index is 5.23. The number of thioether (sulfide) groups is 1. The molecule has 5 heteroatoms. The van der Waals surface area contributed by atoms with Gasteiger partial charge in [0.25, 0.3) is 0 Å². The lowest BCUT2D eigenvalue weighted by molar-refractivity contribution is 0.176. The zero-order valence-corrected chi connectivity index (χ0v) is 12.2. The summed E-state index contributed by atoms with van der Waals surface area (Å²) >= 11 is 1.58. The van der Waals surface area contributed by atoms with Gasteiger partial charge in [0.1, 0.15) is 6.61 Å². The molecule has 0 fully saturated rings. The van der Waals surface area contributed by atoms with E-state index in [9.17, 15) is 0 Å². The molecule has 0 saturated carbocycles. The molecule has 3 aromatic rings. The summed E-state index contributed by atoms with van der Waals surface area (Å²) in [6.45, 7) is 0.441. The van der Waals surface area contributed by atoms with Crippen molar-refractivity contribution >= 4 is 22.5 Å². The predicted octanol–water partition coefficient (Wildman–Crippen LogP) is 3.29. The number of aromatic nitrogens is 3. The van der Waals surface area contributed by atoms with Gasteiger partial charge in [0.05, 0.1) is 5.69 Å². The molecule has 0 saturated heterocycles. The first-order chi connectivity index (χ1) is 9.85. The summed E-state index contributed by atoms with van der Waals surface area (Å²) in [6.07, 6.45) is 2.00. The molecule has 3 rings (SSSR count). The maximum Gasteiger partial charge on any atom is 0.195 e. The number of nitrogens with zero attached hydrogens (tertiary/aromatic N) is 3. The van der Waals surface area contributed by atoms with E-state index >= 15 is 0 Å². The lowest BCUT2D eigenvalue weighted by Gasteiger charge is -2.11. The Morgan fingerprint density at radius 3 is 2.70 bits per heavy atom. The number of methoxy groups -OCH3 is 1. The number of hydrogen-bond donors (Lipinski definition) is 0. The minimum atomic E-state index is 0.441. The first-order valence-electron chi connectivity index (χ1n) is 6.30. The standard InChI is InChI=1S/C15H15N3OS/c1-19-10-14-16-17-15(20-2)18(14)13-9-5-7-11-6-3-4-8-12(11)13/h3-9H,10H2,1-2H3. The first kappa shape index (κ1) is 13.1. The summed E-state index contributed by atoms with van der Waals surface area (Å²) in [5.74, 6) is 0.813. The van der Waals surface area contributed by atoms with Crippen molar-refractivity contribution in [3.8, 4) is 5.69 Å². The number of fused-ring (bicyclic) bond motifs is 1. The Hall–Kier alpha value is -1.85. The summed E-state index contributed by atoms with van der Waals surface area (Å²) < 4.78 is 7.29. The molecule has 0 bridgehead atoms. The zero-order chi connectivity index (χ0) is 13.9. The third kappa shape index (κ3) is 2.19. The molecule has 1 aromatic heterocycles. The molecule has 2 aromatic carbocycles. The van der Waals surface area contributed by atoms with Crippen molar-refractivity contribution in [1.82, 2.24) is 14.8 Å². The molecule has 0 aliphatic carbocycles. The second-order valence-electron chi connectivity index (χ2n) is 4.37. The van der Waals surface area contributed by atoms with Gasteiger partial charge in [-0.05, 0) is 17.7 Å². The van der Waals surface area contributed by atoms with Crippen LogP contribution in [0.3, 0.4) is 0 Å². The van der Waals surface area contributed by atoms with Gasteiger partial charge in [-0.15, -0.1) is 10.2 Å². The van der Waals surface area contributed by atoms with Crippen LogP contribution in [0.25, 0.3) is 16.5 Å². The lowest BCUT2D eigenvalue weighted by Crippen LogP contribution is -2.04. The van der Waals surface area contributed by atoms with Crippen molar-refractivity contribution in [1.29, 1.82) is 0 Å². The van der Waals surface area contributed by atoms with Crippen LogP contribution in [0.15, 0.2) is 47.6 Å². The average molecular weight is 285 g/mol. The van der Waals surface area contributed by atoms with Gasteiger partial charge in [-0.2, -0.15) is 0 Å². The number of hydrogen-bond acceptors (Lipinski definition) is 4. The highest BCUT2D eigenvalue weighted by Crippen LogP contribution is 2.27. The Bertz CT molecular complexity index is 734. The average Bonchev–Trinajstić information content (AvgIpc) is 2.90. The second kappa shape index (κ2) is 5.64. The summed E-state index contributed by atoms with van der Waals surface area (Å²) in [7, 11) is 1.67. The number of rotatable bonds is 4. The quantitative estimate of drug-likeness (QED) is 0.690. The highest BCUT2D eigenvalue weighted by Gasteiger charge is 2.14. The monoisotopic (exact) mass is 285 g/mol. The van der Waals surface area contributed by atoms with Crippen LogP contribution in [0.5, 0.6) is 0 Å². The molecule has 0 amide bonds. The molecule has 102 valence electrons. The fourth-order valence-corrected chi connectivity index (χ4v) is 2.81. The fourth-order valence-electron chi connectivity index (χ4n) is 2.30. The van der Waals surface area contributed by atoms with Gasteiger partial charge in [0.2, 0.25) is 0 Å². The summed E-state index contributed by atoms with van der Waals surface area (Å²) in [5.41, 5.74) is 1.09. The van der Waals surface area contributed by atoms with Crippen LogP contribution in [0.2, 0.25) is 0 Å². The van der Waals surface area contributed by atoms with Crippen molar-refractivity contribution in [2.45, 2.75) is 11.8 Å². The SMILES string of the molecule is COCc1nnc(SC)n1-c1cccc2ccccc12. The van der Waals surface area contributed by atoms with E-state index in [2.05, 4.69) is 45.1 Å². The van der Waals surface area contributed by atoms with E-state index in [1.165, 1.54) is 10.8 Å². The Kier molecular flexibility index (Phi) is 3.71. The molecule has 20 heavy (non-hydrogen) atoms. The zero-order valence-electron chi connectivity index (χ0n) is 11.4. The van der Waals surface area contributed by atoms with Crippen LogP contribution in [0, 0.1) is 0 Å². The van der Waals surface area contributed by atoms with Crippen molar-refractivity contribution in [2.24, 2.45) is 0 Å². The minimum Gasteiger partial charge on any atom is -0.377 e. The van der Waals surface area contributed by atoms with Crippen LogP contribution in [0.4, 0.5) is 0 Å². The summed E-state index contributed by atoms with van der Waals surface area (Å²) in [6, 6.07) is 14.6. The van der Waals surface area contributed by atoms with Crippen LogP contribution < -0.4 is 0 Å². The molecule has 0 unspecified atom stereocenters. The van der Waals surface area contributed by atoms with E-state index in [0.717, 1.165) is 16.7 Å². The number of benzene rings is 2. The molecular weight excluding hydrogens is 270 g/mol. The second-order valence-corrected chi connectivity index (χ2v) is 5.14. The van der Waals surface area contributed by atoms with Gasteiger partial charge in [0, 0.05) is 12.5 Å². The van der Waals surface area contributed by atoms with Gasteiger partial charge in [-0.3, -0.25) is 4.57 Å². The highest BCUT2D eigenvalue weighted by molar-refractivity contribution is 7.98. The van der Waals surface area contributed by atoms with Gasteiger partial charge in [-0.1, -0.05) is 48.2 Å². The molecule has 0 spiro atoms. The maximum absolute atomic E-state index is 5.23. The Labute approximate surface area is 121 Å². The van der Waals surface area contributed by atoms with Crippen molar-refractivity contribution in [3.63, 3.8) is 0 Å². The molecule has 0 aliphatic heterocycles. The van der Waals surface area contributed by atoms with Crippen molar-refractivity contribution < 1.29 is 4.74 Å². The van der Waals surface area contributed by atoms with Crippen LogP contribution in [-0.4, -0.2) is 28.1 Å². The Balaban J connectivity index is 2.27. The normalized spacial score (nSPS) is 11.1. The molecule has 0 N–H and O–H groups in total. The number of ether oxygens (including phenoxy) is 1. The topological polar surface area (TPSA) is 39.9 Å². The van der Waals surface area contributed by atoms with Gasteiger partial charge in [0.15, 0.2) is 11.0 Å². The molecule has 0 radical (unpaired) electrons. The fraction of sp³-hybridized carbons (Fsp3) is 0.200. The van der Waals surface area contributed by atoms with Crippen LogP contribution in [-0.2, 0) is 11.3 Å². The highest BCUT2D eigenvalue weighted by atomic mass is 32.2. The summed E-state index contributed by atoms with van der Waals surface area (Å²) in [4.78, 5) is 0. The predicted molar refractivity (Wildman–Crippen MR) is 81.4 cm³/mol. The van der Waals surface area contributed by atoms with E-state index in [1.54, 1.807) is 18.9 Å². The largest absolute Gasteiger partial charge is 0.377 e. The van der Waals surface area contributed by atoms with E-state index in [-0.39, 0.29) is 0 Å². The van der Waals surface area contributed by atoms with Crippen molar-refractivity contribution in [3.05, 3.63) is 48.3 Å². The van der Waals surface area contributed by atoms with Crippen LogP contribution in [0.1, 0.15) is 5.82 Å².